The van der Waals surface area contributed by atoms with Crippen LogP contribution in [0.1, 0.15) is 28.1 Å². The molecule has 0 aliphatic carbocycles. The molecular formula is C21H20N4O5. The zero-order valence-electron chi connectivity index (χ0n) is 16.8. The zero-order chi connectivity index (χ0) is 21.8. The van der Waals surface area contributed by atoms with Gasteiger partial charge in [-0.3, -0.25) is 14.9 Å². The van der Waals surface area contributed by atoms with Gasteiger partial charge >= 0.3 is 5.69 Å². The molecule has 0 aliphatic rings. The lowest BCUT2D eigenvalue weighted by Gasteiger charge is -2.12. The molecule has 0 fully saturated rings. The van der Waals surface area contributed by atoms with Crippen LogP contribution < -0.4 is 10.1 Å². The van der Waals surface area contributed by atoms with Crippen LogP contribution in [0.25, 0.3) is 0 Å². The maximum absolute atomic E-state index is 12.5. The number of hydrogen-bond acceptors (Lipinski definition) is 6. The summed E-state index contributed by atoms with van der Waals surface area (Å²) in [5.74, 6) is 0.463. The zero-order valence-corrected chi connectivity index (χ0v) is 16.8. The number of nitro benzene ring substituents is 1. The van der Waals surface area contributed by atoms with Gasteiger partial charge in [0.25, 0.3) is 5.91 Å². The Morgan fingerprint density at radius 1 is 1.33 bits per heavy atom. The third-order valence-corrected chi connectivity index (χ3v) is 4.76. The molecule has 0 aliphatic heterocycles. The molecule has 154 valence electrons. The van der Waals surface area contributed by atoms with Gasteiger partial charge in [0.05, 0.1) is 23.3 Å². The van der Waals surface area contributed by atoms with Crippen LogP contribution in [-0.2, 0) is 11.3 Å². The molecule has 9 nitrogen and oxygen atoms in total. The molecular weight excluding hydrogens is 388 g/mol. The van der Waals surface area contributed by atoms with Crippen LogP contribution in [0.15, 0.2) is 41.0 Å². The summed E-state index contributed by atoms with van der Waals surface area (Å²) in [6.07, 6.45) is 1.55. The molecule has 1 amide bonds. The van der Waals surface area contributed by atoms with Crippen LogP contribution in [0.4, 0.5) is 11.5 Å². The van der Waals surface area contributed by atoms with E-state index in [0.29, 0.717) is 23.7 Å². The number of hydrogen-bond donors (Lipinski definition) is 1. The van der Waals surface area contributed by atoms with Crippen molar-refractivity contribution in [2.45, 2.75) is 27.3 Å². The first-order valence-electron chi connectivity index (χ1n) is 9.11. The van der Waals surface area contributed by atoms with Crippen LogP contribution in [0.3, 0.4) is 0 Å². The molecule has 1 N–H and O–H groups in total. The average Bonchev–Trinajstić information content (AvgIpc) is 3.29. The number of carbonyl (C=O) groups excluding carboxylic acids is 1. The molecule has 3 rings (SSSR count). The number of ether oxygens (including phenoxy) is 1. The topological polar surface area (TPSA) is 123 Å². The summed E-state index contributed by atoms with van der Waals surface area (Å²) in [5.41, 5.74) is 2.44. The van der Waals surface area contributed by atoms with Crippen molar-refractivity contribution in [2.24, 2.45) is 0 Å². The molecule has 0 bridgehead atoms. The first kappa shape index (κ1) is 20.7. The molecule has 0 unspecified atom stereocenters. The first-order chi connectivity index (χ1) is 14.3. The highest BCUT2D eigenvalue weighted by molar-refractivity contribution is 5.93. The van der Waals surface area contributed by atoms with Crippen molar-refractivity contribution < 1.29 is 18.9 Å². The number of furan rings is 1. The Hall–Kier alpha value is -4.06. The molecule has 1 aromatic carbocycles. The molecule has 0 saturated carbocycles. The highest BCUT2D eigenvalue weighted by atomic mass is 16.6. The number of nitriles is 1. The van der Waals surface area contributed by atoms with Crippen molar-refractivity contribution in [3.63, 3.8) is 0 Å². The number of carbonyl (C=O) groups is 1. The maximum Gasteiger partial charge on any atom is 0.310 e. The largest absolute Gasteiger partial charge is 0.477 e. The number of nitro groups is 1. The molecule has 0 saturated heterocycles. The van der Waals surface area contributed by atoms with Crippen molar-refractivity contribution in [1.29, 1.82) is 5.26 Å². The van der Waals surface area contributed by atoms with E-state index in [9.17, 15) is 20.2 Å². The second-order valence-corrected chi connectivity index (χ2v) is 6.78. The predicted molar refractivity (Wildman–Crippen MR) is 108 cm³/mol. The quantitative estimate of drug-likeness (QED) is 0.468. The Balaban J connectivity index is 1.82. The normalized spacial score (nSPS) is 10.5. The van der Waals surface area contributed by atoms with Crippen LogP contribution in [0, 0.1) is 42.2 Å². The minimum absolute atomic E-state index is 0.00832. The molecule has 2 aromatic heterocycles. The molecule has 2 heterocycles. The third-order valence-electron chi connectivity index (χ3n) is 4.76. The van der Waals surface area contributed by atoms with Crippen molar-refractivity contribution in [2.75, 3.05) is 11.9 Å². The number of benzene rings is 1. The maximum atomic E-state index is 12.5. The van der Waals surface area contributed by atoms with E-state index in [1.165, 1.54) is 12.1 Å². The van der Waals surface area contributed by atoms with Gasteiger partial charge in [0.2, 0.25) is 0 Å². The second-order valence-electron chi connectivity index (χ2n) is 6.78. The van der Waals surface area contributed by atoms with Gasteiger partial charge in [0, 0.05) is 11.8 Å². The van der Waals surface area contributed by atoms with Gasteiger partial charge in [-0.2, -0.15) is 5.26 Å². The fourth-order valence-electron chi connectivity index (χ4n) is 3.09. The summed E-state index contributed by atoms with van der Waals surface area (Å²) in [6.45, 7) is 5.31. The van der Waals surface area contributed by atoms with Crippen molar-refractivity contribution in [1.82, 2.24) is 4.57 Å². The van der Waals surface area contributed by atoms with Gasteiger partial charge < -0.3 is 19.0 Å². The Morgan fingerprint density at radius 2 is 2.10 bits per heavy atom. The molecule has 0 radical (unpaired) electrons. The van der Waals surface area contributed by atoms with Gasteiger partial charge in [0.15, 0.2) is 12.4 Å². The highest BCUT2D eigenvalue weighted by Crippen LogP contribution is 2.29. The van der Waals surface area contributed by atoms with Crippen molar-refractivity contribution in [3.05, 3.63) is 74.9 Å². The fraction of sp³-hybridized carbons (Fsp3) is 0.238. The number of nitrogens with one attached hydrogen (secondary N) is 1. The summed E-state index contributed by atoms with van der Waals surface area (Å²) in [4.78, 5) is 23.1. The molecule has 3 aromatic rings. The van der Waals surface area contributed by atoms with E-state index in [1.54, 1.807) is 42.9 Å². The van der Waals surface area contributed by atoms with E-state index >= 15 is 0 Å². The summed E-state index contributed by atoms with van der Waals surface area (Å²) in [5, 5.41) is 23.4. The SMILES string of the molecule is Cc1ccc([N+](=O)[O-])c(OCC(=O)Nc2c(C#N)c(C)c(C)n2Cc2ccco2)c1. The Kier molecular flexibility index (Phi) is 5.88. The van der Waals surface area contributed by atoms with Crippen molar-refractivity contribution in [3.8, 4) is 11.8 Å². The Morgan fingerprint density at radius 3 is 2.73 bits per heavy atom. The average molecular weight is 408 g/mol. The monoisotopic (exact) mass is 408 g/mol. The van der Waals surface area contributed by atoms with Crippen LogP contribution in [0.2, 0.25) is 0 Å². The van der Waals surface area contributed by atoms with E-state index in [4.69, 9.17) is 9.15 Å². The standard InChI is InChI=1S/C21H20N4O5/c1-13-6-7-18(25(27)28)19(9-13)30-12-20(26)23-21-17(10-22)14(2)15(3)24(21)11-16-5-4-8-29-16/h4-9H,11-12H2,1-3H3,(H,23,26). The fourth-order valence-corrected chi connectivity index (χ4v) is 3.09. The van der Waals surface area contributed by atoms with Crippen LogP contribution in [-0.4, -0.2) is 22.0 Å². The van der Waals surface area contributed by atoms with E-state index in [-0.39, 0.29) is 11.4 Å². The van der Waals surface area contributed by atoms with Gasteiger partial charge in [-0.05, 0) is 50.1 Å². The lowest BCUT2D eigenvalue weighted by molar-refractivity contribution is -0.385. The number of anilines is 1. The summed E-state index contributed by atoms with van der Waals surface area (Å²) >= 11 is 0. The minimum atomic E-state index is -0.568. The number of rotatable bonds is 7. The first-order valence-corrected chi connectivity index (χ1v) is 9.11. The lowest BCUT2D eigenvalue weighted by atomic mass is 10.2. The number of aromatic nitrogens is 1. The second kappa shape index (κ2) is 8.53. The van der Waals surface area contributed by atoms with E-state index in [1.807, 2.05) is 6.92 Å². The van der Waals surface area contributed by atoms with Gasteiger partial charge in [-0.1, -0.05) is 6.07 Å². The third kappa shape index (κ3) is 4.17. The smallest absolute Gasteiger partial charge is 0.310 e. The van der Waals surface area contributed by atoms with Crippen molar-refractivity contribution >= 4 is 17.4 Å². The summed E-state index contributed by atoms with van der Waals surface area (Å²) in [6, 6.07) is 10.1. The van der Waals surface area contributed by atoms with Crippen LogP contribution >= 0.6 is 0 Å². The molecule has 0 spiro atoms. The highest BCUT2D eigenvalue weighted by Gasteiger charge is 2.21. The Bertz CT molecular complexity index is 1140. The number of aryl methyl sites for hydroxylation is 1. The number of nitrogens with zero attached hydrogens (tertiary/aromatic N) is 3. The summed E-state index contributed by atoms with van der Waals surface area (Å²) < 4.78 is 12.6. The van der Waals surface area contributed by atoms with Gasteiger partial charge in [-0.15, -0.1) is 0 Å². The minimum Gasteiger partial charge on any atom is -0.477 e. The molecule has 0 atom stereocenters. The lowest BCUT2D eigenvalue weighted by Crippen LogP contribution is -2.23. The Labute approximate surface area is 172 Å². The van der Waals surface area contributed by atoms with Crippen LogP contribution in [0.5, 0.6) is 5.75 Å². The predicted octanol–water partition coefficient (Wildman–Crippen LogP) is 3.85. The molecule has 30 heavy (non-hydrogen) atoms. The van der Waals surface area contributed by atoms with Gasteiger partial charge in [-0.25, -0.2) is 0 Å². The molecule has 9 heteroatoms. The summed E-state index contributed by atoms with van der Waals surface area (Å²) in [7, 11) is 0. The number of amides is 1. The van der Waals surface area contributed by atoms with Gasteiger partial charge in [0.1, 0.15) is 17.6 Å². The van der Waals surface area contributed by atoms with E-state index in [2.05, 4.69) is 11.4 Å². The van der Waals surface area contributed by atoms with E-state index < -0.39 is 17.4 Å². The van der Waals surface area contributed by atoms with E-state index in [0.717, 1.165) is 16.8 Å².